The Balaban J connectivity index is 1.84. The number of rotatable bonds is 3. The fourth-order valence-corrected chi connectivity index (χ4v) is 4.49. The molecule has 0 amide bonds. The maximum Gasteiger partial charge on any atom is 0.0474 e. The van der Waals surface area contributed by atoms with Crippen molar-refractivity contribution in [1.82, 2.24) is 5.32 Å². The molecule has 1 N–H and O–H groups in total. The van der Waals surface area contributed by atoms with Crippen LogP contribution in [0.2, 0.25) is 5.02 Å². The minimum Gasteiger partial charge on any atom is -0.368 e. The van der Waals surface area contributed by atoms with Gasteiger partial charge >= 0.3 is 0 Å². The highest BCUT2D eigenvalue weighted by Crippen LogP contribution is 2.39. The van der Waals surface area contributed by atoms with Gasteiger partial charge < -0.3 is 10.2 Å². The monoisotopic (exact) mass is 306 g/mol. The Morgan fingerprint density at radius 2 is 1.95 bits per heavy atom. The predicted octanol–water partition coefficient (Wildman–Crippen LogP) is 4.78. The van der Waals surface area contributed by atoms with Crippen LogP contribution in [0.1, 0.15) is 57.1 Å². The standard InChI is InChI=1S/C18H27ClN2/c1-13(20-2)16-10-9-15(12-17(16)19)21-11-5-7-14-6-3-4-8-18(14)21/h9-10,12-14,18,20H,3-8,11H2,1-2H3/t13?,14-,18-/m1/s1. The molecule has 21 heavy (non-hydrogen) atoms. The third-order valence-corrected chi connectivity index (χ3v) is 5.79. The lowest BCUT2D eigenvalue weighted by Crippen LogP contribution is -2.46. The van der Waals surface area contributed by atoms with Gasteiger partial charge in [0.1, 0.15) is 0 Å². The van der Waals surface area contributed by atoms with Crippen LogP contribution in [-0.2, 0) is 0 Å². The van der Waals surface area contributed by atoms with E-state index in [4.69, 9.17) is 11.6 Å². The molecule has 1 saturated carbocycles. The summed E-state index contributed by atoms with van der Waals surface area (Å²) in [5.74, 6) is 0.905. The third kappa shape index (κ3) is 3.07. The van der Waals surface area contributed by atoms with E-state index in [1.54, 1.807) is 0 Å². The summed E-state index contributed by atoms with van der Waals surface area (Å²) < 4.78 is 0. The van der Waals surface area contributed by atoms with E-state index in [1.807, 2.05) is 7.05 Å². The van der Waals surface area contributed by atoms with Crippen LogP contribution in [0.5, 0.6) is 0 Å². The molecule has 116 valence electrons. The molecule has 2 aliphatic rings. The van der Waals surface area contributed by atoms with E-state index in [9.17, 15) is 0 Å². The first-order chi connectivity index (χ1) is 10.2. The highest BCUT2D eigenvalue weighted by Gasteiger charge is 2.33. The molecule has 0 bridgehead atoms. The van der Waals surface area contributed by atoms with Crippen LogP contribution in [0.4, 0.5) is 5.69 Å². The van der Waals surface area contributed by atoms with Gasteiger partial charge in [0.25, 0.3) is 0 Å². The van der Waals surface area contributed by atoms with E-state index in [0.29, 0.717) is 6.04 Å². The largest absolute Gasteiger partial charge is 0.368 e. The van der Waals surface area contributed by atoms with Crippen molar-refractivity contribution in [2.24, 2.45) is 5.92 Å². The van der Waals surface area contributed by atoms with Gasteiger partial charge in [-0.3, -0.25) is 0 Å². The molecule has 1 aromatic carbocycles. The van der Waals surface area contributed by atoms with Crippen LogP contribution in [0.3, 0.4) is 0 Å². The maximum absolute atomic E-state index is 6.53. The van der Waals surface area contributed by atoms with E-state index >= 15 is 0 Å². The smallest absolute Gasteiger partial charge is 0.0474 e. The van der Waals surface area contributed by atoms with Crippen molar-refractivity contribution < 1.29 is 0 Å². The van der Waals surface area contributed by atoms with Gasteiger partial charge in [-0.05, 0) is 63.3 Å². The van der Waals surface area contributed by atoms with Gasteiger partial charge in [0.2, 0.25) is 0 Å². The van der Waals surface area contributed by atoms with E-state index in [1.165, 1.54) is 56.3 Å². The van der Waals surface area contributed by atoms with Gasteiger partial charge in [-0.1, -0.05) is 30.5 Å². The SMILES string of the molecule is CNC(C)c1ccc(N2CCC[C@H]3CCCC[C@H]32)cc1Cl. The minimum absolute atomic E-state index is 0.301. The molecule has 2 nitrogen and oxygen atoms in total. The lowest BCUT2D eigenvalue weighted by molar-refractivity contribution is 0.244. The Bertz CT molecular complexity index is 486. The van der Waals surface area contributed by atoms with Gasteiger partial charge in [-0.15, -0.1) is 0 Å². The molecule has 1 aliphatic heterocycles. The van der Waals surface area contributed by atoms with Crippen molar-refractivity contribution in [2.45, 2.75) is 57.5 Å². The number of hydrogen-bond acceptors (Lipinski definition) is 2. The maximum atomic E-state index is 6.53. The summed E-state index contributed by atoms with van der Waals surface area (Å²) in [5.41, 5.74) is 2.52. The molecule has 3 atom stereocenters. The molecule has 1 heterocycles. The summed E-state index contributed by atoms with van der Waals surface area (Å²) in [6.07, 6.45) is 8.34. The molecule has 0 radical (unpaired) electrons. The van der Waals surface area contributed by atoms with Gasteiger partial charge in [0.15, 0.2) is 0 Å². The number of piperidine rings is 1. The van der Waals surface area contributed by atoms with Crippen LogP contribution in [0.25, 0.3) is 0 Å². The van der Waals surface area contributed by atoms with Crippen LogP contribution in [0.15, 0.2) is 18.2 Å². The number of fused-ring (bicyclic) bond motifs is 1. The van der Waals surface area contributed by atoms with Crippen LogP contribution >= 0.6 is 11.6 Å². The fraction of sp³-hybridized carbons (Fsp3) is 0.667. The first kappa shape index (κ1) is 15.2. The molecule has 1 unspecified atom stereocenters. The summed E-state index contributed by atoms with van der Waals surface area (Å²) in [6.45, 7) is 3.34. The Hall–Kier alpha value is -0.730. The number of hydrogen-bond donors (Lipinski definition) is 1. The number of nitrogens with one attached hydrogen (secondary N) is 1. The van der Waals surface area contributed by atoms with Crippen LogP contribution in [0, 0.1) is 5.92 Å². The highest BCUT2D eigenvalue weighted by molar-refractivity contribution is 6.31. The number of halogens is 1. The summed E-state index contributed by atoms with van der Waals surface area (Å²) in [5, 5.41) is 4.16. The van der Waals surface area contributed by atoms with Gasteiger partial charge in [0, 0.05) is 29.3 Å². The molecule has 3 rings (SSSR count). The predicted molar refractivity (Wildman–Crippen MR) is 91.3 cm³/mol. The number of nitrogens with zero attached hydrogens (tertiary/aromatic N) is 1. The first-order valence-electron chi connectivity index (χ1n) is 8.44. The highest BCUT2D eigenvalue weighted by atomic mass is 35.5. The first-order valence-corrected chi connectivity index (χ1v) is 8.82. The van der Waals surface area contributed by atoms with E-state index < -0.39 is 0 Å². The molecular formula is C18H27ClN2. The van der Waals surface area contributed by atoms with Crippen molar-refractivity contribution in [2.75, 3.05) is 18.5 Å². The number of benzene rings is 1. The van der Waals surface area contributed by atoms with Crippen LogP contribution in [-0.4, -0.2) is 19.6 Å². The molecule has 0 aromatic heterocycles. The number of anilines is 1. The normalized spacial score (nSPS) is 27.3. The molecule has 1 aliphatic carbocycles. The fourth-order valence-electron chi connectivity index (χ4n) is 4.15. The molecule has 0 spiro atoms. The van der Waals surface area contributed by atoms with Crippen molar-refractivity contribution in [1.29, 1.82) is 0 Å². The lowest BCUT2D eigenvalue weighted by atomic mass is 9.78. The molecule has 3 heteroatoms. The second-order valence-electron chi connectivity index (χ2n) is 6.66. The second kappa shape index (κ2) is 6.58. The van der Waals surface area contributed by atoms with Gasteiger partial charge in [0.05, 0.1) is 0 Å². The molecular weight excluding hydrogens is 280 g/mol. The van der Waals surface area contributed by atoms with E-state index in [0.717, 1.165) is 17.0 Å². The third-order valence-electron chi connectivity index (χ3n) is 5.46. The van der Waals surface area contributed by atoms with Crippen molar-refractivity contribution in [3.8, 4) is 0 Å². The average Bonchev–Trinajstić information content (AvgIpc) is 2.53. The van der Waals surface area contributed by atoms with Crippen molar-refractivity contribution in [3.05, 3.63) is 28.8 Å². The summed E-state index contributed by atoms with van der Waals surface area (Å²) in [7, 11) is 1.98. The summed E-state index contributed by atoms with van der Waals surface area (Å²) >= 11 is 6.53. The quantitative estimate of drug-likeness (QED) is 0.864. The Kier molecular flexibility index (Phi) is 4.75. The Morgan fingerprint density at radius 3 is 2.71 bits per heavy atom. The van der Waals surface area contributed by atoms with Crippen molar-refractivity contribution >= 4 is 17.3 Å². The van der Waals surface area contributed by atoms with Gasteiger partial charge in [-0.2, -0.15) is 0 Å². The Morgan fingerprint density at radius 1 is 1.19 bits per heavy atom. The zero-order chi connectivity index (χ0) is 14.8. The van der Waals surface area contributed by atoms with Gasteiger partial charge in [-0.25, -0.2) is 0 Å². The van der Waals surface area contributed by atoms with E-state index in [-0.39, 0.29) is 0 Å². The van der Waals surface area contributed by atoms with E-state index in [2.05, 4.69) is 35.3 Å². The zero-order valence-corrected chi connectivity index (χ0v) is 14.0. The second-order valence-corrected chi connectivity index (χ2v) is 7.07. The molecule has 2 fully saturated rings. The lowest BCUT2D eigenvalue weighted by Gasteiger charge is -2.45. The summed E-state index contributed by atoms with van der Waals surface area (Å²) in [6, 6.07) is 7.70. The zero-order valence-electron chi connectivity index (χ0n) is 13.2. The minimum atomic E-state index is 0.301. The van der Waals surface area contributed by atoms with Crippen molar-refractivity contribution in [3.63, 3.8) is 0 Å². The average molecular weight is 307 g/mol. The Labute approximate surface area is 133 Å². The molecule has 1 saturated heterocycles. The molecule has 1 aromatic rings. The van der Waals surface area contributed by atoms with Crippen LogP contribution < -0.4 is 10.2 Å². The topological polar surface area (TPSA) is 15.3 Å². The summed E-state index contributed by atoms with van der Waals surface area (Å²) in [4.78, 5) is 2.63.